The maximum Gasteiger partial charge on any atom is 0.255 e. The SMILES string of the molecule is CC(=O)NC1CCN(C(=O)c2cncc(C#CCO)c2)C1. The number of hydrogen-bond donors (Lipinski definition) is 2. The summed E-state index contributed by atoms with van der Waals surface area (Å²) in [6, 6.07) is 1.67. The number of aliphatic hydroxyl groups excluding tert-OH is 1. The van der Waals surface area contributed by atoms with Crippen molar-refractivity contribution in [3.05, 3.63) is 29.6 Å². The van der Waals surface area contributed by atoms with Crippen LogP contribution in [0.3, 0.4) is 0 Å². The fourth-order valence-electron chi connectivity index (χ4n) is 2.30. The molecule has 2 rings (SSSR count). The molecule has 2 amide bonds. The van der Waals surface area contributed by atoms with E-state index >= 15 is 0 Å². The Kier molecular flexibility index (Phi) is 4.90. The van der Waals surface area contributed by atoms with Crippen LogP contribution in [-0.4, -0.2) is 52.5 Å². The van der Waals surface area contributed by atoms with Crippen LogP contribution in [-0.2, 0) is 4.79 Å². The molecule has 1 aromatic heterocycles. The van der Waals surface area contributed by atoms with Crippen molar-refractivity contribution in [1.82, 2.24) is 15.2 Å². The van der Waals surface area contributed by atoms with E-state index in [9.17, 15) is 9.59 Å². The highest BCUT2D eigenvalue weighted by Crippen LogP contribution is 2.14. The third-order valence-electron chi connectivity index (χ3n) is 3.18. The average Bonchev–Trinajstić information content (AvgIpc) is 2.92. The normalized spacial score (nSPS) is 17.0. The van der Waals surface area contributed by atoms with E-state index in [1.165, 1.54) is 13.1 Å². The van der Waals surface area contributed by atoms with Gasteiger partial charge in [-0.25, -0.2) is 0 Å². The van der Waals surface area contributed by atoms with Crippen molar-refractivity contribution in [2.75, 3.05) is 19.7 Å². The molecular weight excluding hydrogens is 270 g/mol. The number of nitrogens with one attached hydrogen (secondary N) is 1. The summed E-state index contributed by atoms with van der Waals surface area (Å²) in [4.78, 5) is 29.1. The molecule has 6 nitrogen and oxygen atoms in total. The van der Waals surface area contributed by atoms with Crippen LogP contribution in [0.15, 0.2) is 18.5 Å². The quantitative estimate of drug-likeness (QED) is 0.737. The number of aliphatic hydroxyl groups is 1. The molecule has 21 heavy (non-hydrogen) atoms. The molecule has 2 N–H and O–H groups in total. The van der Waals surface area contributed by atoms with Crippen molar-refractivity contribution in [3.8, 4) is 11.8 Å². The molecule has 0 aromatic carbocycles. The van der Waals surface area contributed by atoms with E-state index in [-0.39, 0.29) is 24.5 Å². The van der Waals surface area contributed by atoms with E-state index in [2.05, 4.69) is 22.1 Å². The van der Waals surface area contributed by atoms with Gasteiger partial charge in [-0.05, 0) is 12.5 Å². The number of aromatic nitrogens is 1. The number of carbonyl (C=O) groups is 2. The third-order valence-corrected chi connectivity index (χ3v) is 3.18. The van der Waals surface area contributed by atoms with Crippen LogP contribution in [0.2, 0.25) is 0 Å². The molecule has 1 fully saturated rings. The van der Waals surface area contributed by atoms with Gasteiger partial charge in [0, 0.05) is 44.0 Å². The summed E-state index contributed by atoms with van der Waals surface area (Å²) in [7, 11) is 0. The number of rotatable bonds is 2. The Labute approximate surface area is 123 Å². The van der Waals surface area contributed by atoms with Gasteiger partial charge in [-0.1, -0.05) is 11.8 Å². The summed E-state index contributed by atoms with van der Waals surface area (Å²) in [6.07, 6.45) is 3.80. The second-order valence-corrected chi connectivity index (χ2v) is 4.86. The van der Waals surface area contributed by atoms with E-state index in [1.54, 1.807) is 17.2 Å². The predicted octanol–water partition coefficient (Wildman–Crippen LogP) is -0.224. The highest BCUT2D eigenvalue weighted by Gasteiger charge is 2.27. The van der Waals surface area contributed by atoms with Crippen LogP contribution in [0.25, 0.3) is 0 Å². The highest BCUT2D eigenvalue weighted by atomic mass is 16.2. The maximum absolute atomic E-state index is 12.4. The number of carbonyl (C=O) groups excluding carboxylic acids is 2. The van der Waals surface area contributed by atoms with Gasteiger partial charge in [0.05, 0.1) is 5.56 Å². The van der Waals surface area contributed by atoms with Gasteiger partial charge in [0.25, 0.3) is 5.91 Å². The Morgan fingerprint density at radius 1 is 1.52 bits per heavy atom. The van der Waals surface area contributed by atoms with E-state index in [1.807, 2.05) is 0 Å². The molecule has 0 aliphatic carbocycles. The molecule has 0 spiro atoms. The van der Waals surface area contributed by atoms with Gasteiger partial charge in [-0.2, -0.15) is 0 Å². The van der Waals surface area contributed by atoms with Crippen LogP contribution < -0.4 is 5.32 Å². The maximum atomic E-state index is 12.4. The van der Waals surface area contributed by atoms with Crippen LogP contribution in [0, 0.1) is 11.8 Å². The van der Waals surface area contributed by atoms with Crippen molar-refractivity contribution in [1.29, 1.82) is 0 Å². The number of hydrogen-bond acceptors (Lipinski definition) is 4. The highest BCUT2D eigenvalue weighted by molar-refractivity contribution is 5.94. The number of amides is 2. The van der Waals surface area contributed by atoms with E-state index < -0.39 is 0 Å². The molecule has 2 heterocycles. The molecule has 1 aromatic rings. The third kappa shape index (κ3) is 4.04. The van der Waals surface area contributed by atoms with Gasteiger partial charge in [-0.15, -0.1) is 0 Å². The lowest BCUT2D eigenvalue weighted by molar-refractivity contribution is -0.119. The van der Waals surface area contributed by atoms with E-state index in [4.69, 9.17) is 5.11 Å². The van der Waals surface area contributed by atoms with Gasteiger partial charge in [-0.3, -0.25) is 14.6 Å². The van der Waals surface area contributed by atoms with Crippen LogP contribution in [0.4, 0.5) is 0 Å². The first-order valence-electron chi connectivity index (χ1n) is 6.71. The molecule has 1 saturated heterocycles. The zero-order valence-electron chi connectivity index (χ0n) is 11.8. The summed E-state index contributed by atoms with van der Waals surface area (Å²) < 4.78 is 0. The lowest BCUT2D eigenvalue weighted by Crippen LogP contribution is -2.37. The molecule has 0 bridgehead atoms. The van der Waals surface area contributed by atoms with E-state index in [0.717, 1.165) is 6.42 Å². The summed E-state index contributed by atoms with van der Waals surface area (Å²) in [5.74, 6) is 5.04. The molecule has 1 aliphatic rings. The van der Waals surface area contributed by atoms with Gasteiger partial charge in [0.2, 0.25) is 5.91 Å². The molecule has 0 radical (unpaired) electrons. The minimum atomic E-state index is -0.233. The largest absolute Gasteiger partial charge is 0.384 e. The second-order valence-electron chi connectivity index (χ2n) is 4.86. The Balaban J connectivity index is 2.05. The standard InChI is InChI=1S/C15H17N3O3/c1-11(20)17-14-4-5-18(10-14)15(21)13-7-12(3-2-6-19)8-16-9-13/h7-9,14,19H,4-6,10H2,1H3,(H,17,20). The van der Waals surface area contributed by atoms with Gasteiger partial charge >= 0.3 is 0 Å². The molecule has 1 aliphatic heterocycles. The second kappa shape index (κ2) is 6.86. The van der Waals surface area contributed by atoms with Crippen LogP contribution in [0.5, 0.6) is 0 Å². The predicted molar refractivity (Wildman–Crippen MR) is 76.3 cm³/mol. The zero-order valence-corrected chi connectivity index (χ0v) is 11.8. The van der Waals surface area contributed by atoms with Crippen LogP contribution in [0.1, 0.15) is 29.3 Å². The minimum absolute atomic E-state index is 0.0109. The Morgan fingerprint density at radius 3 is 3.05 bits per heavy atom. The van der Waals surface area contributed by atoms with Crippen molar-refractivity contribution < 1.29 is 14.7 Å². The fraction of sp³-hybridized carbons (Fsp3) is 0.400. The topological polar surface area (TPSA) is 82.5 Å². The summed E-state index contributed by atoms with van der Waals surface area (Å²) >= 11 is 0. The van der Waals surface area contributed by atoms with E-state index in [0.29, 0.717) is 24.2 Å². The first kappa shape index (κ1) is 15.0. The smallest absolute Gasteiger partial charge is 0.255 e. The van der Waals surface area contributed by atoms with Crippen molar-refractivity contribution in [3.63, 3.8) is 0 Å². The monoisotopic (exact) mass is 287 g/mol. The first-order valence-corrected chi connectivity index (χ1v) is 6.71. The molecule has 6 heteroatoms. The average molecular weight is 287 g/mol. The Hall–Kier alpha value is -2.39. The van der Waals surface area contributed by atoms with Gasteiger partial charge < -0.3 is 15.3 Å². The molecular formula is C15H17N3O3. The minimum Gasteiger partial charge on any atom is -0.384 e. The number of nitrogens with zero attached hydrogens (tertiary/aromatic N) is 2. The lowest BCUT2D eigenvalue weighted by Gasteiger charge is -2.16. The zero-order chi connectivity index (χ0) is 15.2. The number of likely N-dealkylation sites (tertiary alicyclic amines) is 1. The van der Waals surface area contributed by atoms with Gasteiger partial charge in [0.1, 0.15) is 6.61 Å². The first-order chi connectivity index (χ1) is 10.1. The summed E-state index contributed by atoms with van der Waals surface area (Å²) in [5, 5.41) is 11.5. The van der Waals surface area contributed by atoms with Crippen LogP contribution >= 0.6 is 0 Å². The van der Waals surface area contributed by atoms with Crippen molar-refractivity contribution in [2.45, 2.75) is 19.4 Å². The van der Waals surface area contributed by atoms with Crippen molar-refractivity contribution in [2.24, 2.45) is 0 Å². The summed E-state index contributed by atoms with van der Waals surface area (Å²) in [5.41, 5.74) is 1.05. The molecule has 1 unspecified atom stereocenters. The lowest BCUT2D eigenvalue weighted by atomic mass is 10.2. The Morgan fingerprint density at radius 2 is 2.33 bits per heavy atom. The number of pyridine rings is 1. The van der Waals surface area contributed by atoms with Gasteiger partial charge in [0.15, 0.2) is 0 Å². The van der Waals surface area contributed by atoms with Crippen molar-refractivity contribution >= 4 is 11.8 Å². The Bertz CT molecular complexity index is 604. The molecule has 110 valence electrons. The molecule has 1 atom stereocenters. The molecule has 0 saturated carbocycles. The fourth-order valence-corrected chi connectivity index (χ4v) is 2.30. The summed E-state index contributed by atoms with van der Waals surface area (Å²) in [6.45, 7) is 2.35.